The molecule has 2 rings (SSSR count). The molecular weight excluding hydrogens is 184 g/mol. The number of benzene rings is 1. The Balaban J connectivity index is 0.000000336. The van der Waals surface area contributed by atoms with Crippen molar-refractivity contribution in [2.75, 3.05) is 0 Å². The molecule has 0 fully saturated rings. The van der Waals surface area contributed by atoms with E-state index in [2.05, 4.69) is 30.8 Å². The van der Waals surface area contributed by atoms with Gasteiger partial charge in [-0.3, -0.25) is 0 Å². The first-order valence-corrected chi connectivity index (χ1v) is 5.63. The van der Waals surface area contributed by atoms with Crippen molar-refractivity contribution in [3.05, 3.63) is 35.1 Å². The van der Waals surface area contributed by atoms with Gasteiger partial charge in [0, 0.05) is 14.0 Å². The van der Waals surface area contributed by atoms with Gasteiger partial charge in [0.15, 0.2) is 0 Å². The van der Waals surface area contributed by atoms with E-state index in [1.54, 1.807) is 23.5 Å². The van der Waals surface area contributed by atoms with E-state index >= 15 is 0 Å². The van der Waals surface area contributed by atoms with Crippen LogP contribution in [0.25, 0.3) is 0 Å². The van der Waals surface area contributed by atoms with E-state index in [-0.39, 0.29) is 0 Å². The van der Waals surface area contributed by atoms with Gasteiger partial charge < -0.3 is 0 Å². The second kappa shape index (κ2) is 4.63. The fraction of sp³-hybridized carbons (Fsp3) is 0.200. The molecule has 12 heavy (non-hydrogen) atoms. The highest BCUT2D eigenvalue weighted by atomic mass is 32.2. The van der Waals surface area contributed by atoms with Crippen LogP contribution in [0, 0.1) is 0 Å². The molecule has 2 heteroatoms. The van der Waals surface area contributed by atoms with Crippen molar-refractivity contribution < 1.29 is 0 Å². The second-order valence-corrected chi connectivity index (χ2v) is 4.55. The summed E-state index contributed by atoms with van der Waals surface area (Å²) < 4.78 is 1.18. The lowest BCUT2D eigenvalue weighted by Gasteiger charge is -1.90. The van der Waals surface area contributed by atoms with Gasteiger partial charge in [0.1, 0.15) is 0 Å². The molecule has 0 aromatic heterocycles. The Morgan fingerprint density at radius 2 is 1.42 bits per heavy atom. The summed E-state index contributed by atoms with van der Waals surface area (Å²) in [6.45, 7) is 7.89. The van der Waals surface area contributed by atoms with E-state index in [4.69, 9.17) is 0 Å². The third kappa shape index (κ3) is 2.08. The third-order valence-corrected chi connectivity index (χ3v) is 3.53. The van der Waals surface area contributed by atoms with Gasteiger partial charge in [-0.25, -0.2) is 0 Å². The summed E-state index contributed by atoms with van der Waals surface area (Å²) in [5.41, 5.74) is 0. The molecule has 0 radical (unpaired) electrons. The highest BCUT2D eigenvalue weighted by Crippen LogP contribution is 2.49. The zero-order valence-electron chi connectivity index (χ0n) is 7.33. The number of hydrogen-bond donors (Lipinski definition) is 0. The Morgan fingerprint density at radius 1 is 1.00 bits per heavy atom. The first kappa shape index (κ1) is 9.75. The van der Waals surface area contributed by atoms with Gasteiger partial charge in [0.25, 0.3) is 0 Å². The quantitative estimate of drug-likeness (QED) is 0.604. The average Bonchev–Trinajstić information content (AvgIpc) is 2.48. The van der Waals surface area contributed by atoms with Crippen molar-refractivity contribution >= 4 is 23.5 Å². The molecule has 0 bridgehead atoms. The van der Waals surface area contributed by atoms with Gasteiger partial charge in [-0.2, -0.15) is 0 Å². The maximum atomic E-state index is 3.89. The summed E-state index contributed by atoms with van der Waals surface area (Å²) in [6, 6.07) is 8.38. The lowest BCUT2D eigenvalue weighted by Crippen LogP contribution is -1.65. The molecule has 0 N–H and O–H groups in total. The van der Waals surface area contributed by atoms with Gasteiger partial charge in [-0.05, 0) is 12.1 Å². The van der Waals surface area contributed by atoms with Crippen LogP contribution in [0.15, 0.2) is 44.9 Å². The standard InChI is InChI=1S/C8H6S2.C2H6/c1-6-9-7-4-2-3-5-8(7)10-6;1-2/h2-5H,1H2;1-2H3. The second-order valence-electron chi connectivity index (χ2n) is 2.02. The molecule has 0 aliphatic carbocycles. The number of rotatable bonds is 0. The van der Waals surface area contributed by atoms with Crippen LogP contribution < -0.4 is 0 Å². The van der Waals surface area contributed by atoms with Crippen LogP contribution in [0.4, 0.5) is 0 Å². The minimum absolute atomic E-state index is 1.18. The maximum absolute atomic E-state index is 3.89. The van der Waals surface area contributed by atoms with Crippen molar-refractivity contribution in [3.63, 3.8) is 0 Å². The zero-order valence-corrected chi connectivity index (χ0v) is 8.97. The largest absolute Gasteiger partial charge is 0.0822 e. The molecule has 1 heterocycles. The molecule has 0 amide bonds. The fourth-order valence-electron chi connectivity index (χ4n) is 0.885. The zero-order chi connectivity index (χ0) is 8.97. The van der Waals surface area contributed by atoms with Crippen molar-refractivity contribution in [1.82, 2.24) is 0 Å². The summed E-state index contributed by atoms with van der Waals surface area (Å²) >= 11 is 3.52. The number of thioether (sulfide) groups is 2. The summed E-state index contributed by atoms with van der Waals surface area (Å²) in [7, 11) is 0. The fourth-order valence-corrected chi connectivity index (χ4v) is 2.96. The average molecular weight is 196 g/mol. The first-order chi connectivity index (χ1) is 5.86. The van der Waals surface area contributed by atoms with Gasteiger partial charge in [-0.1, -0.05) is 56.1 Å². The Kier molecular flexibility index (Phi) is 3.76. The molecule has 0 nitrogen and oxygen atoms in total. The van der Waals surface area contributed by atoms with Crippen LogP contribution in [0.3, 0.4) is 0 Å². The lowest BCUT2D eigenvalue weighted by molar-refractivity contribution is 1.27. The number of fused-ring (bicyclic) bond motifs is 1. The highest BCUT2D eigenvalue weighted by molar-refractivity contribution is 8.24. The van der Waals surface area contributed by atoms with Gasteiger partial charge in [0.2, 0.25) is 0 Å². The highest BCUT2D eigenvalue weighted by Gasteiger charge is 2.13. The van der Waals surface area contributed by atoms with Crippen molar-refractivity contribution in [1.29, 1.82) is 0 Å². The monoisotopic (exact) mass is 196 g/mol. The van der Waals surface area contributed by atoms with E-state index < -0.39 is 0 Å². The topological polar surface area (TPSA) is 0 Å². The Morgan fingerprint density at radius 3 is 1.83 bits per heavy atom. The SMILES string of the molecule is C=C1Sc2ccccc2S1.CC. The minimum Gasteiger partial charge on any atom is -0.0822 e. The molecular formula is C10H12S2. The van der Waals surface area contributed by atoms with E-state index in [0.717, 1.165) is 0 Å². The maximum Gasteiger partial charge on any atom is 0.0427 e. The van der Waals surface area contributed by atoms with Crippen molar-refractivity contribution in [2.24, 2.45) is 0 Å². The third-order valence-electron chi connectivity index (χ3n) is 1.30. The van der Waals surface area contributed by atoms with Gasteiger partial charge >= 0.3 is 0 Å². The van der Waals surface area contributed by atoms with Crippen molar-refractivity contribution in [3.8, 4) is 0 Å². The molecule has 64 valence electrons. The molecule has 0 saturated carbocycles. The summed E-state index contributed by atoms with van der Waals surface area (Å²) in [6.07, 6.45) is 0. The summed E-state index contributed by atoms with van der Waals surface area (Å²) in [4.78, 5) is 2.69. The first-order valence-electron chi connectivity index (χ1n) is 4.00. The molecule has 1 aromatic rings. The smallest absolute Gasteiger partial charge is 0.0427 e. The van der Waals surface area contributed by atoms with Crippen molar-refractivity contribution in [2.45, 2.75) is 23.6 Å². The minimum atomic E-state index is 1.18. The molecule has 1 aliphatic rings. The normalized spacial score (nSPS) is 13.3. The Labute approximate surface area is 82.4 Å². The molecule has 0 unspecified atom stereocenters. The Bertz CT molecular complexity index is 252. The number of hydrogen-bond acceptors (Lipinski definition) is 2. The molecule has 0 atom stereocenters. The predicted molar refractivity (Wildman–Crippen MR) is 58.6 cm³/mol. The molecule has 0 saturated heterocycles. The lowest BCUT2D eigenvalue weighted by atomic mass is 10.4. The van der Waals surface area contributed by atoms with Crippen LogP contribution in [-0.2, 0) is 0 Å². The molecule has 1 aromatic carbocycles. The van der Waals surface area contributed by atoms with E-state index in [1.807, 2.05) is 13.8 Å². The molecule has 0 spiro atoms. The van der Waals surface area contributed by atoms with E-state index in [1.165, 1.54) is 14.0 Å². The van der Waals surface area contributed by atoms with E-state index in [0.29, 0.717) is 0 Å². The van der Waals surface area contributed by atoms with E-state index in [9.17, 15) is 0 Å². The van der Waals surface area contributed by atoms with Gasteiger partial charge in [0.05, 0.1) is 0 Å². The van der Waals surface area contributed by atoms with Crippen LogP contribution in [0.2, 0.25) is 0 Å². The Hall–Kier alpha value is -0.340. The summed E-state index contributed by atoms with van der Waals surface area (Å²) in [5.74, 6) is 0. The van der Waals surface area contributed by atoms with Gasteiger partial charge in [-0.15, -0.1) is 0 Å². The molecule has 1 aliphatic heterocycles. The van der Waals surface area contributed by atoms with Crippen LogP contribution in [0.5, 0.6) is 0 Å². The predicted octanol–water partition coefficient (Wildman–Crippen LogP) is 4.38. The summed E-state index contributed by atoms with van der Waals surface area (Å²) in [5, 5.41) is 0. The van der Waals surface area contributed by atoms with Crippen LogP contribution in [-0.4, -0.2) is 0 Å². The van der Waals surface area contributed by atoms with Crippen LogP contribution >= 0.6 is 23.5 Å². The van der Waals surface area contributed by atoms with Crippen LogP contribution in [0.1, 0.15) is 13.8 Å².